The molecule has 0 spiro atoms. The van der Waals surface area contributed by atoms with Crippen LogP contribution in [0.2, 0.25) is 5.02 Å². The zero-order chi connectivity index (χ0) is 20.9. The van der Waals surface area contributed by atoms with Gasteiger partial charge in [0.1, 0.15) is 11.6 Å². The van der Waals surface area contributed by atoms with Gasteiger partial charge in [-0.15, -0.1) is 0 Å². The van der Waals surface area contributed by atoms with Gasteiger partial charge in [0, 0.05) is 47.4 Å². The van der Waals surface area contributed by atoms with Crippen LogP contribution in [0.5, 0.6) is 0 Å². The van der Waals surface area contributed by atoms with Crippen molar-refractivity contribution < 1.29 is 9.53 Å². The topological polar surface area (TPSA) is 67.0 Å². The van der Waals surface area contributed by atoms with Gasteiger partial charge in [-0.25, -0.2) is 0 Å². The van der Waals surface area contributed by atoms with Gasteiger partial charge in [-0.3, -0.25) is 4.79 Å². The van der Waals surface area contributed by atoms with Crippen LogP contribution in [0, 0.1) is 11.3 Å². The van der Waals surface area contributed by atoms with E-state index in [1.165, 1.54) is 0 Å². The van der Waals surface area contributed by atoms with Crippen LogP contribution in [-0.2, 0) is 16.1 Å². The molecule has 0 aliphatic carbocycles. The number of para-hydroxylation sites is 1. The van der Waals surface area contributed by atoms with Crippen molar-refractivity contribution in [1.82, 2.24) is 9.88 Å². The number of nitrogens with zero attached hydrogens (tertiary/aromatic N) is 2. The first-order chi connectivity index (χ1) is 14.6. The molecule has 1 saturated heterocycles. The summed E-state index contributed by atoms with van der Waals surface area (Å²) in [5.41, 5.74) is 3.08. The number of nitriles is 1. The first-order valence-corrected chi connectivity index (χ1v) is 10.4. The average molecular weight is 420 g/mol. The van der Waals surface area contributed by atoms with Gasteiger partial charge in [0.2, 0.25) is 0 Å². The highest BCUT2D eigenvalue weighted by molar-refractivity contribution is 6.30. The number of benzene rings is 2. The third-order valence-corrected chi connectivity index (χ3v) is 5.52. The number of hydrogen-bond acceptors (Lipinski definition) is 3. The van der Waals surface area contributed by atoms with Crippen LogP contribution >= 0.6 is 11.6 Å². The van der Waals surface area contributed by atoms with Crippen molar-refractivity contribution >= 4 is 34.5 Å². The summed E-state index contributed by atoms with van der Waals surface area (Å²) in [6.07, 6.45) is 5.61. The quantitative estimate of drug-likeness (QED) is 0.471. The van der Waals surface area contributed by atoms with E-state index in [0.29, 0.717) is 18.1 Å². The van der Waals surface area contributed by atoms with Crippen molar-refractivity contribution in [1.29, 1.82) is 5.26 Å². The van der Waals surface area contributed by atoms with Crippen molar-refractivity contribution in [3.63, 3.8) is 0 Å². The van der Waals surface area contributed by atoms with E-state index in [0.717, 1.165) is 41.5 Å². The lowest BCUT2D eigenvalue weighted by molar-refractivity contribution is -0.117. The standard InChI is InChI=1S/C24H22ClN3O2/c25-20-9-7-17(8-10-20)15-28-16-19(22-5-1-2-6-23(22)28)12-18(13-26)24(29)27-14-21-4-3-11-30-21/h1-2,5-10,12,16,21H,3-4,11,14-15H2,(H,27,29). The Labute approximate surface area is 180 Å². The Morgan fingerprint density at radius 3 is 2.80 bits per heavy atom. The Morgan fingerprint density at radius 1 is 1.27 bits per heavy atom. The predicted molar refractivity (Wildman–Crippen MR) is 118 cm³/mol. The van der Waals surface area contributed by atoms with Gasteiger partial charge in [0.25, 0.3) is 5.91 Å². The minimum Gasteiger partial charge on any atom is -0.376 e. The average Bonchev–Trinajstić information content (AvgIpc) is 3.40. The Bertz CT molecular complexity index is 1120. The second-order valence-electron chi connectivity index (χ2n) is 7.37. The highest BCUT2D eigenvalue weighted by atomic mass is 35.5. The molecular formula is C24H22ClN3O2. The maximum Gasteiger partial charge on any atom is 0.262 e. The number of fused-ring (bicyclic) bond motifs is 1. The molecule has 1 atom stereocenters. The second-order valence-corrected chi connectivity index (χ2v) is 7.81. The van der Waals surface area contributed by atoms with Crippen molar-refractivity contribution in [3.8, 4) is 6.07 Å². The van der Waals surface area contributed by atoms with Crippen LogP contribution in [0.25, 0.3) is 17.0 Å². The maximum absolute atomic E-state index is 12.5. The predicted octanol–water partition coefficient (Wildman–Crippen LogP) is 4.55. The molecule has 6 heteroatoms. The van der Waals surface area contributed by atoms with Crippen molar-refractivity contribution in [2.24, 2.45) is 0 Å². The molecular weight excluding hydrogens is 398 g/mol. The molecule has 1 aliphatic heterocycles. The number of nitrogens with one attached hydrogen (secondary N) is 1. The van der Waals surface area contributed by atoms with Crippen LogP contribution in [0.4, 0.5) is 0 Å². The molecule has 1 aliphatic rings. The Hall–Kier alpha value is -3.07. The summed E-state index contributed by atoms with van der Waals surface area (Å²) in [6, 6.07) is 17.7. The van der Waals surface area contributed by atoms with Gasteiger partial charge in [-0.05, 0) is 42.7 Å². The second kappa shape index (κ2) is 9.17. The van der Waals surface area contributed by atoms with Crippen LogP contribution in [0.1, 0.15) is 24.0 Å². The van der Waals surface area contributed by atoms with Crippen molar-refractivity contribution in [2.75, 3.05) is 13.2 Å². The van der Waals surface area contributed by atoms with E-state index >= 15 is 0 Å². The van der Waals surface area contributed by atoms with Gasteiger partial charge < -0.3 is 14.6 Å². The van der Waals surface area contributed by atoms with E-state index < -0.39 is 0 Å². The van der Waals surface area contributed by atoms with Crippen LogP contribution in [0.3, 0.4) is 0 Å². The third-order valence-electron chi connectivity index (χ3n) is 5.26. The highest BCUT2D eigenvalue weighted by Crippen LogP contribution is 2.25. The summed E-state index contributed by atoms with van der Waals surface area (Å²) in [5.74, 6) is -0.373. The van der Waals surface area contributed by atoms with Crippen LogP contribution in [-0.4, -0.2) is 29.7 Å². The normalized spacial score (nSPS) is 16.5. The van der Waals surface area contributed by atoms with Gasteiger partial charge >= 0.3 is 0 Å². The third kappa shape index (κ3) is 4.56. The molecule has 152 valence electrons. The number of carbonyl (C=O) groups excluding carboxylic acids is 1. The van der Waals surface area contributed by atoms with E-state index in [-0.39, 0.29) is 17.6 Å². The van der Waals surface area contributed by atoms with Gasteiger partial charge in [0.05, 0.1) is 6.10 Å². The summed E-state index contributed by atoms with van der Waals surface area (Å²) >= 11 is 5.99. The van der Waals surface area contributed by atoms with E-state index in [4.69, 9.17) is 16.3 Å². The molecule has 0 saturated carbocycles. The Morgan fingerprint density at radius 2 is 2.07 bits per heavy atom. The Balaban J connectivity index is 1.60. The highest BCUT2D eigenvalue weighted by Gasteiger charge is 2.18. The molecule has 1 N–H and O–H groups in total. The summed E-state index contributed by atoms with van der Waals surface area (Å²) < 4.78 is 7.65. The van der Waals surface area contributed by atoms with Gasteiger partial charge in [-0.1, -0.05) is 41.9 Å². The molecule has 1 unspecified atom stereocenters. The van der Waals surface area contributed by atoms with Gasteiger partial charge in [-0.2, -0.15) is 5.26 Å². The number of ether oxygens (including phenoxy) is 1. The summed E-state index contributed by atoms with van der Waals surface area (Å²) in [6.45, 7) is 1.82. The molecule has 1 amide bonds. The van der Waals surface area contributed by atoms with Crippen LogP contribution < -0.4 is 5.32 Å². The molecule has 1 fully saturated rings. The monoisotopic (exact) mass is 419 g/mol. The number of hydrogen-bond donors (Lipinski definition) is 1. The van der Waals surface area contributed by atoms with Gasteiger partial charge in [0.15, 0.2) is 0 Å². The zero-order valence-corrected chi connectivity index (χ0v) is 17.2. The number of halogens is 1. The number of amides is 1. The fraction of sp³-hybridized carbons (Fsp3) is 0.250. The molecule has 2 aromatic carbocycles. The molecule has 0 radical (unpaired) electrons. The number of aromatic nitrogens is 1. The molecule has 1 aromatic heterocycles. The lowest BCUT2D eigenvalue weighted by Gasteiger charge is -2.10. The summed E-state index contributed by atoms with van der Waals surface area (Å²) in [7, 11) is 0. The zero-order valence-electron chi connectivity index (χ0n) is 16.5. The van der Waals surface area contributed by atoms with Crippen LogP contribution in [0.15, 0.2) is 60.3 Å². The van der Waals surface area contributed by atoms with E-state index in [9.17, 15) is 10.1 Å². The Kier molecular flexibility index (Phi) is 6.18. The summed E-state index contributed by atoms with van der Waals surface area (Å²) in [5, 5.41) is 14.1. The minimum absolute atomic E-state index is 0.0372. The molecule has 0 bridgehead atoms. The smallest absolute Gasteiger partial charge is 0.262 e. The molecule has 2 heterocycles. The summed E-state index contributed by atoms with van der Waals surface area (Å²) in [4.78, 5) is 12.5. The van der Waals surface area contributed by atoms with Crippen molar-refractivity contribution in [3.05, 3.63) is 76.5 Å². The van der Waals surface area contributed by atoms with E-state index in [1.807, 2.05) is 60.8 Å². The first-order valence-electron chi connectivity index (χ1n) is 9.98. The van der Waals surface area contributed by atoms with Crippen molar-refractivity contribution in [2.45, 2.75) is 25.5 Å². The van der Waals surface area contributed by atoms with E-state index in [2.05, 4.69) is 9.88 Å². The maximum atomic E-state index is 12.5. The fourth-order valence-electron chi connectivity index (χ4n) is 3.72. The number of carbonyl (C=O) groups is 1. The first kappa shape index (κ1) is 20.2. The molecule has 3 aromatic rings. The SMILES string of the molecule is N#CC(=Cc1cn(Cc2ccc(Cl)cc2)c2ccccc12)C(=O)NCC1CCCO1. The lowest BCUT2D eigenvalue weighted by atomic mass is 10.1. The number of rotatable bonds is 6. The van der Waals surface area contributed by atoms with E-state index in [1.54, 1.807) is 6.08 Å². The minimum atomic E-state index is -0.373. The molecule has 5 nitrogen and oxygen atoms in total. The lowest BCUT2D eigenvalue weighted by Crippen LogP contribution is -2.32. The fourth-order valence-corrected chi connectivity index (χ4v) is 3.84. The largest absolute Gasteiger partial charge is 0.376 e. The molecule has 30 heavy (non-hydrogen) atoms. The molecule has 4 rings (SSSR count).